The van der Waals surface area contributed by atoms with E-state index in [9.17, 15) is 4.79 Å². The molecule has 1 saturated heterocycles. The van der Waals surface area contributed by atoms with Crippen LogP contribution < -0.4 is 10.4 Å². The molecule has 4 rings (SSSR count). The van der Waals surface area contributed by atoms with Crippen LogP contribution in [0.3, 0.4) is 0 Å². The number of piperidine rings is 1. The summed E-state index contributed by atoms with van der Waals surface area (Å²) in [6.45, 7) is 5.00. The van der Waals surface area contributed by atoms with Crippen molar-refractivity contribution >= 4 is 22.8 Å². The maximum Gasteiger partial charge on any atom is 0.277 e. The first-order chi connectivity index (χ1) is 15.2. The molecule has 31 heavy (non-hydrogen) atoms. The number of amides is 1. The van der Waals surface area contributed by atoms with Crippen molar-refractivity contribution in [2.24, 2.45) is 5.92 Å². The van der Waals surface area contributed by atoms with E-state index in [0.717, 1.165) is 51.7 Å². The number of hydrogen-bond acceptors (Lipinski definition) is 6. The molecule has 0 radical (unpaired) electrons. The fraction of sp³-hybridized carbons (Fsp3) is 0.478. The molecule has 0 spiro atoms. The molecular formula is C23H30N6O2. The molecule has 1 aromatic carbocycles. The van der Waals surface area contributed by atoms with Gasteiger partial charge >= 0.3 is 0 Å². The van der Waals surface area contributed by atoms with Crippen LogP contribution in [0.2, 0.25) is 0 Å². The monoisotopic (exact) mass is 422 g/mol. The molecule has 2 N–H and O–H groups in total. The number of aromatic nitrogens is 4. The van der Waals surface area contributed by atoms with Crippen molar-refractivity contribution in [2.45, 2.75) is 52.0 Å². The molecule has 0 atom stereocenters. The number of hydroxylamine groups is 1. The molecule has 8 heteroatoms. The van der Waals surface area contributed by atoms with Crippen molar-refractivity contribution in [3.8, 4) is 0 Å². The summed E-state index contributed by atoms with van der Waals surface area (Å²) < 4.78 is 2.15. The van der Waals surface area contributed by atoms with E-state index in [0.29, 0.717) is 11.9 Å². The molecule has 8 nitrogen and oxygen atoms in total. The summed E-state index contributed by atoms with van der Waals surface area (Å²) >= 11 is 0. The lowest BCUT2D eigenvalue weighted by Gasteiger charge is -2.32. The van der Waals surface area contributed by atoms with Gasteiger partial charge in [-0.05, 0) is 50.5 Å². The Bertz CT molecular complexity index is 1010. The van der Waals surface area contributed by atoms with E-state index in [-0.39, 0.29) is 5.56 Å². The molecule has 0 bridgehead atoms. The highest BCUT2D eigenvalue weighted by atomic mass is 16.5. The topological polar surface area (TPSA) is 96.2 Å². The Morgan fingerprint density at radius 2 is 1.94 bits per heavy atom. The summed E-state index contributed by atoms with van der Waals surface area (Å²) in [5.74, 6) is 0.748. The van der Waals surface area contributed by atoms with Crippen molar-refractivity contribution in [3.05, 3.63) is 47.9 Å². The summed E-state index contributed by atoms with van der Waals surface area (Å²) in [7, 11) is 0. The van der Waals surface area contributed by atoms with E-state index < -0.39 is 5.91 Å². The second-order valence-electron chi connectivity index (χ2n) is 8.22. The lowest BCUT2D eigenvalue weighted by Crippen LogP contribution is -2.35. The lowest BCUT2D eigenvalue weighted by atomic mass is 9.91. The predicted octanol–water partition coefficient (Wildman–Crippen LogP) is 3.59. The number of rotatable bonds is 8. The predicted molar refractivity (Wildman–Crippen MR) is 119 cm³/mol. The fourth-order valence-corrected chi connectivity index (χ4v) is 4.41. The van der Waals surface area contributed by atoms with Crippen LogP contribution in [0.1, 0.15) is 55.1 Å². The molecule has 0 aliphatic carbocycles. The minimum Gasteiger partial charge on any atom is -0.341 e. The quantitative estimate of drug-likeness (QED) is 0.425. The zero-order valence-electron chi connectivity index (χ0n) is 18.0. The second kappa shape index (κ2) is 9.87. The molecule has 1 aliphatic heterocycles. The zero-order chi connectivity index (χ0) is 21.6. The average Bonchev–Trinajstić information content (AvgIpc) is 3.17. The van der Waals surface area contributed by atoms with Crippen LogP contribution in [0.5, 0.6) is 0 Å². The maximum atomic E-state index is 11.4. The highest BCUT2D eigenvalue weighted by molar-refractivity contribution is 5.92. The Hall–Kier alpha value is -3.00. The van der Waals surface area contributed by atoms with E-state index in [1.165, 1.54) is 35.4 Å². The Morgan fingerprint density at radius 3 is 2.65 bits per heavy atom. The summed E-state index contributed by atoms with van der Waals surface area (Å²) in [6.07, 6.45) is 9.60. The number of anilines is 1. The number of fused-ring (bicyclic) bond motifs is 1. The highest BCUT2D eigenvalue weighted by Gasteiger charge is 2.21. The third-order valence-electron chi connectivity index (χ3n) is 6.10. The summed E-state index contributed by atoms with van der Waals surface area (Å²) in [6, 6.07) is 8.55. The SMILES string of the molecule is CCCn1nc(CCCC2CCN(c3ncc(C(=O)NO)cn3)CC2)c2ccccc21. The third-order valence-corrected chi connectivity index (χ3v) is 6.10. The van der Waals surface area contributed by atoms with Gasteiger partial charge in [0.05, 0.1) is 16.8 Å². The smallest absolute Gasteiger partial charge is 0.277 e. The molecule has 0 unspecified atom stereocenters. The Kier molecular flexibility index (Phi) is 6.76. The Labute approximate surface area is 182 Å². The number of nitrogens with zero attached hydrogens (tertiary/aromatic N) is 5. The average molecular weight is 423 g/mol. The van der Waals surface area contributed by atoms with E-state index in [1.54, 1.807) is 5.48 Å². The first-order valence-corrected chi connectivity index (χ1v) is 11.2. The molecule has 3 heterocycles. The van der Waals surface area contributed by atoms with Gasteiger partial charge in [0.15, 0.2) is 0 Å². The number of carbonyl (C=O) groups is 1. The van der Waals surface area contributed by atoms with E-state index >= 15 is 0 Å². The highest BCUT2D eigenvalue weighted by Crippen LogP contribution is 2.26. The van der Waals surface area contributed by atoms with Crippen LogP contribution in [-0.2, 0) is 13.0 Å². The molecule has 1 amide bonds. The first-order valence-electron chi connectivity index (χ1n) is 11.2. The van der Waals surface area contributed by atoms with E-state index in [2.05, 4.69) is 50.7 Å². The molecule has 164 valence electrons. The maximum absolute atomic E-state index is 11.4. The minimum atomic E-state index is -0.599. The molecule has 2 aromatic heterocycles. The van der Waals surface area contributed by atoms with Crippen molar-refractivity contribution in [1.82, 2.24) is 25.2 Å². The van der Waals surface area contributed by atoms with E-state index in [4.69, 9.17) is 10.3 Å². The number of carbonyl (C=O) groups excluding carboxylic acids is 1. The van der Waals surface area contributed by atoms with Crippen molar-refractivity contribution < 1.29 is 10.0 Å². The number of benzene rings is 1. The molecule has 3 aromatic rings. The molecule has 1 aliphatic rings. The summed E-state index contributed by atoms with van der Waals surface area (Å²) in [5, 5.41) is 14.9. The number of aryl methyl sites for hydroxylation is 2. The van der Waals surface area contributed by atoms with Gasteiger partial charge in [-0.1, -0.05) is 25.1 Å². The van der Waals surface area contributed by atoms with Gasteiger partial charge < -0.3 is 4.90 Å². The molecule has 0 saturated carbocycles. The van der Waals surface area contributed by atoms with Crippen LogP contribution in [0.15, 0.2) is 36.7 Å². The minimum absolute atomic E-state index is 0.245. The van der Waals surface area contributed by atoms with Gasteiger partial charge in [0.2, 0.25) is 5.95 Å². The van der Waals surface area contributed by atoms with Gasteiger partial charge in [-0.2, -0.15) is 5.10 Å². The number of nitrogens with one attached hydrogen (secondary N) is 1. The van der Waals surface area contributed by atoms with Crippen LogP contribution >= 0.6 is 0 Å². The Morgan fingerprint density at radius 1 is 1.19 bits per heavy atom. The fourth-order valence-electron chi connectivity index (χ4n) is 4.41. The van der Waals surface area contributed by atoms with Crippen LogP contribution in [-0.4, -0.2) is 44.0 Å². The van der Waals surface area contributed by atoms with Gasteiger partial charge in [0.25, 0.3) is 5.91 Å². The standard InChI is InChI=1S/C23H30N6O2/c1-2-12-29-21-9-4-3-7-19(21)20(26-29)8-5-6-17-10-13-28(14-11-17)23-24-15-18(16-25-23)22(30)27-31/h3-4,7,9,15-17,31H,2,5-6,8,10-14H2,1H3,(H,27,30). The molecule has 1 fully saturated rings. The molecular weight excluding hydrogens is 392 g/mol. The number of para-hydroxylation sites is 1. The van der Waals surface area contributed by atoms with Crippen LogP contribution in [0.4, 0.5) is 5.95 Å². The van der Waals surface area contributed by atoms with E-state index in [1.807, 2.05) is 0 Å². The van der Waals surface area contributed by atoms with Crippen molar-refractivity contribution in [2.75, 3.05) is 18.0 Å². The normalized spacial score (nSPS) is 14.8. The third kappa shape index (κ3) is 4.85. The largest absolute Gasteiger partial charge is 0.341 e. The van der Waals surface area contributed by atoms with Gasteiger partial charge in [-0.25, -0.2) is 15.4 Å². The van der Waals surface area contributed by atoms with Crippen LogP contribution in [0, 0.1) is 5.92 Å². The summed E-state index contributed by atoms with van der Waals surface area (Å²) in [5.41, 5.74) is 4.31. The van der Waals surface area contributed by atoms with Crippen LogP contribution in [0.25, 0.3) is 10.9 Å². The summed E-state index contributed by atoms with van der Waals surface area (Å²) in [4.78, 5) is 22.1. The van der Waals surface area contributed by atoms with Gasteiger partial charge in [-0.3, -0.25) is 14.7 Å². The van der Waals surface area contributed by atoms with Crippen molar-refractivity contribution in [3.63, 3.8) is 0 Å². The first kappa shape index (κ1) is 21.2. The lowest BCUT2D eigenvalue weighted by molar-refractivity contribution is 0.0705. The zero-order valence-corrected chi connectivity index (χ0v) is 18.0. The van der Waals surface area contributed by atoms with Gasteiger partial charge in [-0.15, -0.1) is 0 Å². The second-order valence-corrected chi connectivity index (χ2v) is 8.22. The van der Waals surface area contributed by atoms with Crippen molar-refractivity contribution in [1.29, 1.82) is 0 Å². The van der Waals surface area contributed by atoms with Gasteiger partial charge in [0.1, 0.15) is 0 Å². The number of hydrogen-bond donors (Lipinski definition) is 2. The Balaban J connectivity index is 1.27. The van der Waals surface area contributed by atoms with Gasteiger partial charge in [0, 0.05) is 37.4 Å².